The Bertz CT molecular complexity index is 685. The van der Waals surface area contributed by atoms with E-state index < -0.39 is 5.97 Å². The number of carbonyl (C=O) groups is 2. The maximum atomic E-state index is 11.6. The number of aromatic nitrogens is 2. The molecule has 0 spiro atoms. The first-order valence-corrected chi connectivity index (χ1v) is 8.21. The third-order valence-electron chi connectivity index (χ3n) is 2.80. The summed E-state index contributed by atoms with van der Waals surface area (Å²) in [5, 5.41) is 13.3. The van der Waals surface area contributed by atoms with E-state index in [9.17, 15) is 9.59 Å². The van der Waals surface area contributed by atoms with Crippen molar-refractivity contribution in [1.29, 1.82) is 0 Å². The van der Waals surface area contributed by atoms with E-state index in [0.29, 0.717) is 22.0 Å². The predicted octanol–water partition coefficient (Wildman–Crippen LogP) is 2.32. The molecule has 0 atom stereocenters. The normalized spacial score (nSPS) is 10.8. The highest BCUT2D eigenvalue weighted by Crippen LogP contribution is 2.34. The van der Waals surface area contributed by atoms with E-state index in [1.54, 1.807) is 6.92 Å². The topological polar surface area (TPSA) is 92.2 Å². The second-order valence-corrected chi connectivity index (χ2v) is 6.32. The molecule has 1 amide bonds. The quantitative estimate of drug-likeness (QED) is 0.625. The molecule has 0 saturated heterocycles. The number of thiophene rings is 1. The van der Waals surface area contributed by atoms with Gasteiger partial charge in [0, 0.05) is 11.9 Å². The standard InChI is InChI=1S/C13H15N3O3S2/c1-3-4-14-8(17)5-20-11-9-7(2)10(13(18)19)21-12(9)16-6-15-11/h6H,3-5H2,1-2H3,(H,14,17)(H,18,19). The van der Waals surface area contributed by atoms with Gasteiger partial charge in [0.1, 0.15) is 21.1 Å². The van der Waals surface area contributed by atoms with Crippen molar-refractivity contribution >= 4 is 45.2 Å². The van der Waals surface area contributed by atoms with E-state index in [4.69, 9.17) is 5.11 Å². The predicted molar refractivity (Wildman–Crippen MR) is 83.1 cm³/mol. The summed E-state index contributed by atoms with van der Waals surface area (Å²) in [4.78, 5) is 32.0. The fourth-order valence-corrected chi connectivity index (χ4v) is 3.74. The minimum Gasteiger partial charge on any atom is -0.477 e. The number of fused-ring (bicyclic) bond motifs is 1. The third-order valence-corrected chi connectivity index (χ3v) is 4.98. The summed E-state index contributed by atoms with van der Waals surface area (Å²) < 4.78 is 0. The number of rotatable bonds is 6. The number of aryl methyl sites for hydroxylation is 1. The van der Waals surface area contributed by atoms with Crippen LogP contribution in [0.15, 0.2) is 11.4 Å². The van der Waals surface area contributed by atoms with Crippen molar-refractivity contribution in [2.45, 2.75) is 25.3 Å². The van der Waals surface area contributed by atoms with Crippen LogP contribution in [0.1, 0.15) is 28.6 Å². The van der Waals surface area contributed by atoms with Crippen LogP contribution in [-0.2, 0) is 4.79 Å². The highest BCUT2D eigenvalue weighted by molar-refractivity contribution is 8.00. The largest absolute Gasteiger partial charge is 0.477 e. The average Bonchev–Trinajstić information content (AvgIpc) is 2.81. The number of nitrogens with one attached hydrogen (secondary N) is 1. The number of carboxylic acid groups (broad SMARTS) is 1. The number of amides is 1. The number of thioether (sulfide) groups is 1. The Kier molecular flexibility index (Phi) is 5.13. The zero-order valence-corrected chi connectivity index (χ0v) is 13.3. The van der Waals surface area contributed by atoms with Crippen molar-refractivity contribution < 1.29 is 14.7 Å². The van der Waals surface area contributed by atoms with E-state index >= 15 is 0 Å². The first kappa shape index (κ1) is 15.7. The van der Waals surface area contributed by atoms with Crippen LogP contribution < -0.4 is 5.32 Å². The molecule has 2 aromatic heterocycles. The van der Waals surface area contributed by atoms with Gasteiger partial charge < -0.3 is 10.4 Å². The molecule has 0 aliphatic heterocycles. The molecule has 2 aromatic rings. The first-order chi connectivity index (χ1) is 10.0. The fraction of sp³-hybridized carbons (Fsp3) is 0.385. The highest BCUT2D eigenvalue weighted by Gasteiger charge is 2.19. The number of hydrogen-bond acceptors (Lipinski definition) is 6. The summed E-state index contributed by atoms with van der Waals surface area (Å²) in [6, 6.07) is 0. The molecular weight excluding hydrogens is 310 g/mol. The molecule has 0 aliphatic carbocycles. The second kappa shape index (κ2) is 6.86. The molecule has 2 N–H and O–H groups in total. The molecule has 6 nitrogen and oxygen atoms in total. The highest BCUT2D eigenvalue weighted by atomic mass is 32.2. The van der Waals surface area contributed by atoms with Gasteiger partial charge in [-0.1, -0.05) is 18.7 Å². The molecule has 0 unspecified atom stereocenters. The molecule has 0 saturated carbocycles. The lowest BCUT2D eigenvalue weighted by molar-refractivity contribution is -0.118. The number of carboxylic acids is 1. The lowest BCUT2D eigenvalue weighted by Crippen LogP contribution is -2.25. The lowest BCUT2D eigenvalue weighted by Gasteiger charge is -2.04. The minimum atomic E-state index is -0.966. The maximum absolute atomic E-state index is 11.6. The Morgan fingerprint density at radius 3 is 2.86 bits per heavy atom. The second-order valence-electron chi connectivity index (χ2n) is 4.36. The van der Waals surface area contributed by atoms with Crippen LogP contribution in [0.3, 0.4) is 0 Å². The Morgan fingerprint density at radius 1 is 1.43 bits per heavy atom. The average molecular weight is 325 g/mol. The van der Waals surface area contributed by atoms with Gasteiger partial charge in [0.2, 0.25) is 5.91 Å². The molecule has 112 valence electrons. The molecule has 2 rings (SSSR count). The Labute approximate surface area is 130 Å². The summed E-state index contributed by atoms with van der Waals surface area (Å²) in [6.07, 6.45) is 2.29. The third kappa shape index (κ3) is 3.51. The van der Waals surface area contributed by atoms with Crippen LogP contribution in [0.4, 0.5) is 0 Å². The summed E-state index contributed by atoms with van der Waals surface area (Å²) in [7, 11) is 0. The van der Waals surface area contributed by atoms with Crippen molar-refractivity contribution in [2.24, 2.45) is 0 Å². The lowest BCUT2D eigenvalue weighted by atomic mass is 10.2. The Hall–Kier alpha value is -1.67. The summed E-state index contributed by atoms with van der Waals surface area (Å²) in [6.45, 7) is 4.38. The van der Waals surface area contributed by atoms with E-state index in [1.807, 2.05) is 6.92 Å². The van der Waals surface area contributed by atoms with E-state index in [2.05, 4.69) is 15.3 Å². The van der Waals surface area contributed by atoms with Crippen LogP contribution >= 0.6 is 23.1 Å². The molecule has 21 heavy (non-hydrogen) atoms. The number of nitrogens with zero attached hydrogens (tertiary/aromatic N) is 2. The molecule has 0 aromatic carbocycles. The monoisotopic (exact) mass is 325 g/mol. The van der Waals surface area contributed by atoms with Gasteiger partial charge in [-0.3, -0.25) is 4.79 Å². The van der Waals surface area contributed by atoms with E-state index in [1.165, 1.54) is 18.1 Å². The summed E-state index contributed by atoms with van der Waals surface area (Å²) in [5.41, 5.74) is 0.652. The summed E-state index contributed by atoms with van der Waals surface area (Å²) >= 11 is 2.43. The zero-order chi connectivity index (χ0) is 15.4. The van der Waals surface area contributed by atoms with Crippen LogP contribution in [-0.4, -0.2) is 39.2 Å². The minimum absolute atomic E-state index is 0.0556. The molecule has 2 heterocycles. The van der Waals surface area contributed by atoms with Gasteiger partial charge in [-0.05, 0) is 18.9 Å². The van der Waals surface area contributed by atoms with Gasteiger partial charge in [-0.25, -0.2) is 14.8 Å². The van der Waals surface area contributed by atoms with Crippen LogP contribution in [0.2, 0.25) is 0 Å². The van der Waals surface area contributed by atoms with Gasteiger partial charge in [0.15, 0.2) is 0 Å². The smallest absolute Gasteiger partial charge is 0.346 e. The summed E-state index contributed by atoms with van der Waals surface area (Å²) in [5.74, 6) is -0.767. The van der Waals surface area contributed by atoms with E-state index in [-0.39, 0.29) is 16.5 Å². The zero-order valence-electron chi connectivity index (χ0n) is 11.7. The molecule has 0 fully saturated rings. The van der Waals surface area contributed by atoms with Gasteiger partial charge >= 0.3 is 5.97 Å². The molecule has 0 aliphatic rings. The number of aromatic carboxylic acids is 1. The first-order valence-electron chi connectivity index (χ1n) is 6.41. The number of carbonyl (C=O) groups excluding carboxylic acids is 1. The van der Waals surface area contributed by atoms with Crippen LogP contribution in [0.5, 0.6) is 0 Å². The fourth-order valence-electron chi connectivity index (χ4n) is 1.80. The van der Waals surface area contributed by atoms with Gasteiger partial charge in [-0.15, -0.1) is 11.3 Å². The van der Waals surface area contributed by atoms with Crippen LogP contribution in [0, 0.1) is 6.92 Å². The maximum Gasteiger partial charge on any atom is 0.346 e. The Morgan fingerprint density at radius 2 is 2.19 bits per heavy atom. The SMILES string of the molecule is CCCNC(=O)CSc1ncnc2sc(C(=O)O)c(C)c12. The van der Waals surface area contributed by atoms with Crippen molar-refractivity contribution in [3.05, 3.63) is 16.8 Å². The Balaban J connectivity index is 2.24. The molecule has 0 bridgehead atoms. The van der Waals surface area contributed by atoms with Crippen LogP contribution in [0.25, 0.3) is 10.2 Å². The van der Waals surface area contributed by atoms with Crippen molar-refractivity contribution in [3.8, 4) is 0 Å². The van der Waals surface area contributed by atoms with Crippen molar-refractivity contribution in [1.82, 2.24) is 15.3 Å². The van der Waals surface area contributed by atoms with Gasteiger partial charge in [0.05, 0.1) is 5.75 Å². The number of hydrogen-bond donors (Lipinski definition) is 2. The van der Waals surface area contributed by atoms with Crippen molar-refractivity contribution in [3.63, 3.8) is 0 Å². The van der Waals surface area contributed by atoms with Crippen molar-refractivity contribution in [2.75, 3.05) is 12.3 Å². The molecule has 0 radical (unpaired) electrons. The molecular formula is C13H15N3O3S2. The van der Waals surface area contributed by atoms with Gasteiger partial charge in [0.25, 0.3) is 0 Å². The molecule has 8 heteroatoms. The van der Waals surface area contributed by atoms with E-state index in [0.717, 1.165) is 23.1 Å². The van der Waals surface area contributed by atoms with Gasteiger partial charge in [-0.2, -0.15) is 0 Å².